The second-order valence-electron chi connectivity index (χ2n) is 6.07. The smallest absolute Gasteiger partial charge is 0.138 e. The maximum absolute atomic E-state index is 6.39. The number of rotatable bonds is 5. The summed E-state index contributed by atoms with van der Waals surface area (Å²) >= 11 is 8.10. The molecule has 0 radical (unpaired) electrons. The van der Waals surface area contributed by atoms with Crippen molar-refractivity contribution >= 4 is 39.0 Å². The zero-order valence-electron chi connectivity index (χ0n) is 14.3. The number of thiophene rings is 1. The Morgan fingerprint density at radius 3 is 2.67 bits per heavy atom. The topological polar surface area (TPSA) is 41.1 Å². The highest BCUT2D eigenvalue weighted by atomic mass is 35.5. The molecule has 6 heteroatoms. The summed E-state index contributed by atoms with van der Waals surface area (Å²) < 4.78 is 0. The Kier molecular flexibility index (Phi) is 5.04. The van der Waals surface area contributed by atoms with E-state index in [0.29, 0.717) is 0 Å². The summed E-state index contributed by atoms with van der Waals surface area (Å²) in [6, 6.07) is 8.14. The third-order valence-corrected chi connectivity index (χ3v) is 5.78. The summed E-state index contributed by atoms with van der Waals surface area (Å²) in [5.74, 6) is 0.890. The summed E-state index contributed by atoms with van der Waals surface area (Å²) in [6.45, 7) is 4.97. The zero-order valence-corrected chi connectivity index (χ0v) is 15.9. The predicted octanol–water partition coefficient (Wildman–Crippen LogP) is 4.68. The quantitative estimate of drug-likeness (QED) is 0.717. The van der Waals surface area contributed by atoms with Crippen molar-refractivity contribution in [3.8, 4) is 0 Å². The number of fused-ring (bicyclic) bond motifs is 1. The Morgan fingerprint density at radius 2 is 1.96 bits per heavy atom. The highest BCUT2D eigenvalue weighted by Gasteiger charge is 2.18. The van der Waals surface area contributed by atoms with E-state index >= 15 is 0 Å². The van der Waals surface area contributed by atoms with Crippen LogP contribution in [0.4, 0.5) is 5.82 Å². The Labute approximate surface area is 151 Å². The highest BCUT2D eigenvalue weighted by molar-refractivity contribution is 7.18. The van der Waals surface area contributed by atoms with Gasteiger partial charge < -0.3 is 10.2 Å². The molecule has 0 aliphatic carbocycles. The van der Waals surface area contributed by atoms with Crippen LogP contribution in [0.3, 0.4) is 0 Å². The number of likely N-dealkylation sites (N-methyl/N-ethyl adjacent to an activating group) is 1. The molecule has 1 N–H and O–H groups in total. The molecule has 1 atom stereocenters. The van der Waals surface area contributed by atoms with Crippen LogP contribution in [0.25, 0.3) is 10.2 Å². The number of aromatic nitrogens is 2. The van der Waals surface area contributed by atoms with Crippen LogP contribution < -0.4 is 5.32 Å². The molecule has 2 aromatic heterocycles. The molecular weight excluding hydrogens is 340 g/mol. The van der Waals surface area contributed by atoms with E-state index in [4.69, 9.17) is 11.6 Å². The van der Waals surface area contributed by atoms with Crippen molar-refractivity contribution in [3.05, 3.63) is 51.6 Å². The van der Waals surface area contributed by atoms with Gasteiger partial charge in [0.25, 0.3) is 0 Å². The first-order valence-electron chi connectivity index (χ1n) is 7.84. The van der Waals surface area contributed by atoms with Gasteiger partial charge in [0, 0.05) is 16.4 Å². The molecule has 1 unspecified atom stereocenters. The number of hydrogen-bond donors (Lipinski definition) is 1. The Morgan fingerprint density at radius 1 is 1.21 bits per heavy atom. The largest absolute Gasteiger partial charge is 0.367 e. The van der Waals surface area contributed by atoms with E-state index in [2.05, 4.69) is 54.2 Å². The minimum absolute atomic E-state index is 0.156. The molecule has 2 heterocycles. The first kappa shape index (κ1) is 17.1. The molecule has 0 aliphatic heterocycles. The molecule has 24 heavy (non-hydrogen) atoms. The average molecular weight is 361 g/mol. The molecule has 0 amide bonds. The molecule has 0 aliphatic rings. The van der Waals surface area contributed by atoms with E-state index in [1.165, 1.54) is 10.4 Å². The lowest BCUT2D eigenvalue weighted by molar-refractivity contribution is 0.312. The van der Waals surface area contributed by atoms with E-state index in [9.17, 15) is 0 Å². The number of aryl methyl sites for hydroxylation is 2. The summed E-state index contributed by atoms with van der Waals surface area (Å²) in [5, 5.41) is 5.41. The van der Waals surface area contributed by atoms with Crippen LogP contribution in [0, 0.1) is 13.8 Å². The monoisotopic (exact) mass is 360 g/mol. The normalized spacial score (nSPS) is 12.8. The van der Waals surface area contributed by atoms with Crippen LogP contribution in [0.5, 0.6) is 0 Å². The van der Waals surface area contributed by atoms with Gasteiger partial charge in [-0.1, -0.05) is 29.8 Å². The molecular formula is C18H21ClN4S. The first-order valence-corrected chi connectivity index (χ1v) is 9.04. The van der Waals surface area contributed by atoms with Gasteiger partial charge >= 0.3 is 0 Å². The number of hydrogen-bond acceptors (Lipinski definition) is 5. The number of benzene rings is 1. The molecule has 0 saturated carbocycles. The summed E-state index contributed by atoms with van der Waals surface area (Å²) in [6.07, 6.45) is 1.63. The van der Waals surface area contributed by atoms with E-state index in [-0.39, 0.29) is 6.04 Å². The van der Waals surface area contributed by atoms with Crippen molar-refractivity contribution in [1.82, 2.24) is 14.9 Å². The predicted molar refractivity (Wildman–Crippen MR) is 103 cm³/mol. The van der Waals surface area contributed by atoms with Crippen LogP contribution in [0.1, 0.15) is 22.0 Å². The first-order chi connectivity index (χ1) is 11.5. The highest BCUT2D eigenvalue weighted by Crippen LogP contribution is 2.33. The van der Waals surface area contributed by atoms with Gasteiger partial charge in [-0.3, -0.25) is 0 Å². The minimum Gasteiger partial charge on any atom is -0.367 e. The van der Waals surface area contributed by atoms with Gasteiger partial charge in [0.05, 0.1) is 11.4 Å². The number of anilines is 1. The molecule has 3 rings (SSSR count). The van der Waals surface area contributed by atoms with Gasteiger partial charge in [-0.05, 0) is 45.1 Å². The standard InChI is InChI=1S/C18H21ClN4S/c1-11-12(2)24-18-16(11)17(21-10-22-18)20-9-15(23(3)4)13-7-5-6-8-14(13)19/h5-8,10,15H,9H2,1-4H3,(H,20,21,22). The number of halogens is 1. The average Bonchev–Trinajstić information content (AvgIpc) is 2.84. The fourth-order valence-electron chi connectivity index (χ4n) is 2.83. The van der Waals surface area contributed by atoms with Crippen molar-refractivity contribution in [3.63, 3.8) is 0 Å². The molecule has 3 aromatic rings. The minimum atomic E-state index is 0.156. The Hall–Kier alpha value is -1.69. The number of nitrogens with one attached hydrogen (secondary N) is 1. The third-order valence-electron chi connectivity index (χ3n) is 4.32. The van der Waals surface area contributed by atoms with Crippen LogP contribution in [0.15, 0.2) is 30.6 Å². The van der Waals surface area contributed by atoms with Gasteiger partial charge in [0.2, 0.25) is 0 Å². The van der Waals surface area contributed by atoms with Gasteiger partial charge in [0.1, 0.15) is 17.0 Å². The second kappa shape index (κ2) is 7.05. The third kappa shape index (κ3) is 3.24. The van der Waals surface area contributed by atoms with E-state index in [1.807, 2.05) is 18.2 Å². The van der Waals surface area contributed by atoms with Crippen molar-refractivity contribution in [2.24, 2.45) is 0 Å². The van der Waals surface area contributed by atoms with Crippen molar-refractivity contribution in [2.45, 2.75) is 19.9 Å². The van der Waals surface area contributed by atoms with Gasteiger partial charge in [-0.15, -0.1) is 11.3 Å². The van der Waals surface area contributed by atoms with Crippen LogP contribution in [0.2, 0.25) is 5.02 Å². The lowest BCUT2D eigenvalue weighted by Gasteiger charge is -2.26. The van der Waals surface area contributed by atoms with Crippen molar-refractivity contribution < 1.29 is 0 Å². The van der Waals surface area contributed by atoms with Crippen LogP contribution >= 0.6 is 22.9 Å². The molecule has 126 valence electrons. The molecule has 4 nitrogen and oxygen atoms in total. The molecule has 0 saturated heterocycles. The molecule has 0 fully saturated rings. The Bertz CT molecular complexity index is 859. The van der Waals surface area contributed by atoms with Gasteiger partial charge in [-0.2, -0.15) is 0 Å². The van der Waals surface area contributed by atoms with Crippen molar-refractivity contribution in [1.29, 1.82) is 0 Å². The van der Waals surface area contributed by atoms with Gasteiger partial charge in [0.15, 0.2) is 0 Å². The SMILES string of the molecule is Cc1sc2ncnc(NCC(c3ccccc3Cl)N(C)C)c2c1C. The van der Waals surface area contributed by atoms with Crippen LogP contribution in [-0.4, -0.2) is 35.5 Å². The van der Waals surface area contributed by atoms with E-state index < -0.39 is 0 Å². The summed E-state index contributed by atoms with van der Waals surface area (Å²) in [5.41, 5.74) is 2.36. The Balaban J connectivity index is 1.90. The van der Waals surface area contributed by atoms with E-state index in [1.54, 1.807) is 17.7 Å². The maximum Gasteiger partial charge on any atom is 0.138 e. The lowest BCUT2D eigenvalue weighted by Crippen LogP contribution is -2.27. The van der Waals surface area contributed by atoms with E-state index in [0.717, 1.165) is 33.2 Å². The van der Waals surface area contributed by atoms with Crippen LogP contribution in [-0.2, 0) is 0 Å². The van der Waals surface area contributed by atoms with Crippen molar-refractivity contribution in [2.75, 3.05) is 26.0 Å². The summed E-state index contributed by atoms with van der Waals surface area (Å²) in [4.78, 5) is 13.3. The zero-order chi connectivity index (χ0) is 17.3. The fraction of sp³-hybridized carbons (Fsp3) is 0.333. The van der Waals surface area contributed by atoms with Gasteiger partial charge in [-0.25, -0.2) is 9.97 Å². The maximum atomic E-state index is 6.39. The molecule has 0 spiro atoms. The summed E-state index contributed by atoms with van der Waals surface area (Å²) in [7, 11) is 4.12. The molecule has 0 bridgehead atoms. The lowest BCUT2D eigenvalue weighted by atomic mass is 10.1. The fourth-order valence-corrected chi connectivity index (χ4v) is 4.08. The second-order valence-corrected chi connectivity index (χ2v) is 7.68. The number of nitrogens with zero attached hydrogens (tertiary/aromatic N) is 3. The molecule has 1 aromatic carbocycles.